The van der Waals surface area contributed by atoms with E-state index >= 15 is 0 Å². The van der Waals surface area contributed by atoms with E-state index in [4.69, 9.17) is 4.74 Å². The highest BCUT2D eigenvalue weighted by Crippen LogP contribution is 2.22. The number of ether oxygens (including phenoxy) is 1. The lowest BCUT2D eigenvalue weighted by Gasteiger charge is -2.26. The fraction of sp³-hybridized carbons (Fsp3) is 0.350. The molecule has 2 aromatic carbocycles. The van der Waals surface area contributed by atoms with E-state index in [1.807, 2.05) is 40.3 Å². The zero-order valence-electron chi connectivity index (χ0n) is 15.6. The van der Waals surface area contributed by atoms with E-state index in [0.29, 0.717) is 17.9 Å². The molecular formula is C20H27N3O2. The maximum atomic E-state index is 12.5. The third-order valence-corrected chi connectivity index (χ3v) is 4.23. The van der Waals surface area contributed by atoms with Gasteiger partial charge in [0.25, 0.3) is 5.91 Å². The third kappa shape index (κ3) is 4.73. The molecule has 0 aliphatic rings. The lowest BCUT2D eigenvalue weighted by molar-refractivity contribution is 0.0939. The summed E-state index contributed by atoms with van der Waals surface area (Å²) < 4.78 is 5.27. The number of amides is 1. The zero-order chi connectivity index (χ0) is 18.4. The van der Waals surface area contributed by atoms with Crippen LogP contribution in [0, 0.1) is 0 Å². The predicted molar refractivity (Wildman–Crippen MR) is 103 cm³/mol. The Bertz CT molecular complexity index is 696. The predicted octanol–water partition coefficient (Wildman–Crippen LogP) is 2.79. The Morgan fingerprint density at radius 1 is 1.04 bits per heavy atom. The van der Waals surface area contributed by atoms with E-state index in [2.05, 4.69) is 39.4 Å². The number of para-hydroxylation sites is 1. The summed E-state index contributed by atoms with van der Waals surface area (Å²) in [5, 5.41) is 3.02. The highest BCUT2D eigenvalue weighted by molar-refractivity contribution is 5.96. The molecule has 0 aromatic heterocycles. The normalized spacial score (nSPS) is 11.9. The molecule has 0 fully saturated rings. The van der Waals surface area contributed by atoms with Crippen molar-refractivity contribution in [3.05, 3.63) is 59.7 Å². The van der Waals surface area contributed by atoms with Crippen LogP contribution in [0.1, 0.15) is 22.0 Å². The van der Waals surface area contributed by atoms with Crippen LogP contribution < -0.4 is 15.0 Å². The number of benzene rings is 2. The third-order valence-electron chi connectivity index (χ3n) is 4.23. The Labute approximate surface area is 150 Å². The fourth-order valence-electron chi connectivity index (χ4n) is 2.71. The smallest absolute Gasteiger partial charge is 0.255 e. The summed E-state index contributed by atoms with van der Waals surface area (Å²) in [5.74, 6) is 0.450. The molecule has 2 aromatic rings. The first-order valence-electron chi connectivity index (χ1n) is 8.29. The molecule has 1 unspecified atom stereocenters. The molecule has 25 heavy (non-hydrogen) atoms. The van der Waals surface area contributed by atoms with Crippen LogP contribution in [0.3, 0.4) is 0 Å². The average molecular weight is 341 g/mol. The van der Waals surface area contributed by atoms with E-state index < -0.39 is 0 Å². The minimum Gasteiger partial charge on any atom is -0.496 e. The van der Waals surface area contributed by atoms with Crippen molar-refractivity contribution in [3.63, 3.8) is 0 Å². The maximum Gasteiger partial charge on any atom is 0.255 e. The van der Waals surface area contributed by atoms with Crippen molar-refractivity contribution in [2.45, 2.75) is 6.04 Å². The first-order chi connectivity index (χ1) is 11.9. The lowest BCUT2D eigenvalue weighted by atomic mass is 10.0. The number of nitrogens with zero attached hydrogens (tertiary/aromatic N) is 2. The first-order valence-corrected chi connectivity index (χ1v) is 8.29. The quantitative estimate of drug-likeness (QED) is 0.841. The monoisotopic (exact) mass is 341 g/mol. The Kier molecular flexibility index (Phi) is 6.42. The number of anilines is 1. The summed E-state index contributed by atoms with van der Waals surface area (Å²) in [5.41, 5.74) is 2.86. The van der Waals surface area contributed by atoms with Gasteiger partial charge in [-0.3, -0.25) is 4.79 Å². The summed E-state index contributed by atoms with van der Waals surface area (Å²) in [7, 11) is 9.64. The van der Waals surface area contributed by atoms with Crippen LogP contribution in [-0.4, -0.2) is 52.7 Å². The second kappa shape index (κ2) is 8.53. The van der Waals surface area contributed by atoms with E-state index in [0.717, 1.165) is 11.3 Å². The molecule has 1 amide bonds. The summed E-state index contributed by atoms with van der Waals surface area (Å²) in [6.45, 7) is 0.519. The summed E-state index contributed by atoms with van der Waals surface area (Å²) in [6, 6.07) is 15.7. The van der Waals surface area contributed by atoms with Crippen molar-refractivity contribution in [1.29, 1.82) is 0 Å². The Balaban J connectivity index is 2.10. The fourth-order valence-corrected chi connectivity index (χ4v) is 2.71. The van der Waals surface area contributed by atoms with E-state index in [-0.39, 0.29) is 11.9 Å². The lowest BCUT2D eigenvalue weighted by Crippen LogP contribution is -2.34. The van der Waals surface area contributed by atoms with Gasteiger partial charge in [-0.25, -0.2) is 0 Å². The van der Waals surface area contributed by atoms with Gasteiger partial charge in [-0.15, -0.1) is 0 Å². The van der Waals surface area contributed by atoms with Gasteiger partial charge in [0.15, 0.2) is 0 Å². The molecule has 0 aliphatic carbocycles. The molecule has 0 aliphatic heterocycles. The molecule has 0 heterocycles. The molecule has 1 N–H and O–H groups in total. The van der Waals surface area contributed by atoms with Crippen molar-refractivity contribution in [3.8, 4) is 5.75 Å². The van der Waals surface area contributed by atoms with Gasteiger partial charge in [0.1, 0.15) is 5.75 Å². The van der Waals surface area contributed by atoms with Crippen LogP contribution >= 0.6 is 0 Å². The molecule has 0 radical (unpaired) electrons. The van der Waals surface area contributed by atoms with Gasteiger partial charge in [-0.2, -0.15) is 0 Å². The van der Waals surface area contributed by atoms with Gasteiger partial charge < -0.3 is 19.9 Å². The highest BCUT2D eigenvalue weighted by atomic mass is 16.5. The molecule has 0 saturated heterocycles. The van der Waals surface area contributed by atoms with Gasteiger partial charge >= 0.3 is 0 Å². The first kappa shape index (κ1) is 18.8. The van der Waals surface area contributed by atoms with Crippen LogP contribution in [0.25, 0.3) is 0 Å². The van der Waals surface area contributed by atoms with Crippen molar-refractivity contribution in [1.82, 2.24) is 10.2 Å². The second-order valence-corrected chi connectivity index (χ2v) is 6.38. The number of carbonyl (C=O) groups is 1. The molecule has 134 valence electrons. The molecule has 2 rings (SSSR count). The van der Waals surface area contributed by atoms with Gasteiger partial charge in [0, 0.05) is 26.3 Å². The number of methoxy groups -OCH3 is 1. The summed E-state index contributed by atoms with van der Waals surface area (Å²) in [6.07, 6.45) is 0. The highest BCUT2D eigenvalue weighted by Gasteiger charge is 2.17. The van der Waals surface area contributed by atoms with Crippen LogP contribution in [0.2, 0.25) is 0 Å². The Morgan fingerprint density at radius 3 is 2.24 bits per heavy atom. The molecular weight excluding hydrogens is 314 g/mol. The molecule has 1 atom stereocenters. The Morgan fingerprint density at radius 2 is 1.68 bits per heavy atom. The van der Waals surface area contributed by atoms with Crippen molar-refractivity contribution in [2.75, 3.05) is 46.7 Å². The van der Waals surface area contributed by atoms with Crippen molar-refractivity contribution < 1.29 is 9.53 Å². The van der Waals surface area contributed by atoms with Gasteiger partial charge in [0.2, 0.25) is 0 Å². The van der Waals surface area contributed by atoms with Crippen LogP contribution in [0.15, 0.2) is 48.5 Å². The van der Waals surface area contributed by atoms with Gasteiger partial charge in [-0.1, -0.05) is 24.3 Å². The largest absolute Gasteiger partial charge is 0.496 e. The molecule has 0 bridgehead atoms. The number of nitrogens with one attached hydrogen (secondary N) is 1. The van der Waals surface area contributed by atoms with Gasteiger partial charge in [-0.05, 0) is 43.9 Å². The second-order valence-electron chi connectivity index (χ2n) is 6.38. The maximum absolute atomic E-state index is 12.5. The van der Waals surface area contributed by atoms with E-state index in [9.17, 15) is 4.79 Å². The minimum atomic E-state index is -0.130. The number of rotatable bonds is 7. The van der Waals surface area contributed by atoms with E-state index in [1.54, 1.807) is 19.2 Å². The molecule has 5 heteroatoms. The van der Waals surface area contributed by atoms with Gasteiger partial charge in [0.05, 0.1) is 18.7 Å². The number of hydrogen-bond donors (Lipinski definition) is 1. The Hall–Kier alpha value is -2.53. The summed E-state index contributed by atoms with van der Waals surface area (Å²) in [4.78, 5) is 16.7. The zero-order valence-corrected chi connectivity index (χ0v) is 15.6. The number of likely N-dealkylation sites (N-methyl/N-ethyl adjacent to an activating group) is 1. The molecule has 0 saturated carbocycles. The summed E-state index contributed by atoms with van der Waals surface area (Å²) >= 11 is 0. The van der Waals surface area contributed by atoms with Crippen molar-refractivity contribution in [2.24, 2.45) is 0 Å². The molecule has 0 spiro atoms. The average Bonchev–Trinajstić information content (AvgIpc) is 2.61. The minimum absolute atomic E-state index is 0.0925. The van der Waals surface area contributed by atoms with E-state index in [1.165, 1.54) is 0 Å². The topological polar surface area (TPSA) is 44.8 Å². The van der Waals surface area contributed by atoms with Crippen LogP contribution in [-0.2, 0) is 0 Å². The van der Waals surface area contributed by atoms with Crippen LogP contribution in [0.4, 0.5) is 5.69 Å². The van der Waals surface area contributed by atoms with Crippen LogP contribution in [0.5, 0.6) is 5.75 Å². The number of carbonyl (C=O) groups excluding carboxylic acids is 1. The molecule has 5 nitrogen and oxygen atoms in total. The standard InChI is InChI=1S/C20H27N3O2/c1-22(2)16-12-10-15(11-13-16)18(23(3)4)14-21-20(24)17-8-6-7-9-19(17)25-5/h6-13,18H,14H2,1-5H3,(H,21,24). The SMILES string of the molecule is COc1ccccc1C(=O)NCC(c1ccc(N(C)C)cc1)N(C)C. The number of hydrogen-bond acceptors (Lipinski definition) is 4. The van der Waals surface area contributed by atoms with Crippen molar-refractivity contribution >= 4 is 11.6 Å².